The Morgan fingerprint density at radius 3 is 2.12 bits per heavy atom. The fourth-order valence-electron chi connectivity index (χ4n) is 2.09. The summed E-state index contributed by atoms with van der Waals surface area (Å²) in [6.07, 6.45) is 3.73. The molecule has 0 aliphatic carbocycles. The molecule has 0 unspecified atom stereocenters. The molecule has 0 saturated carbocycles. The zero-order valence-electron chi connectivity index (χ0n) is 9.27. The first-order valence-electron chi connectivity index (χ1n) is 5.56. The van der Waals surface area contributed by atoms with Gasteiger partial charge in [-0.1, -0.05) is 48.5 Å². The van der Waals surface area contributed by atoms with Gasteiger partial charge in [0.1, 0.15) is 5.84 Å². The predicted octanol–water partition coefficient (Wildman–Crippen LogP) is 1.07. The molecular weight excluding hydrogens is 208 g/mol. The lowest BCUT2D eigenvalue weighted by atomic mass is 10.1. The van der Waals surface area contributed by atoms with Crippen molar-refractivity contribution in [3.63, 3.8) is 0 Å². The highest BCUT2D eigenvalue weighted by Crippen LogP contribution is 1.91. The second kappa shape index (κ2) is 3.91. The number of nitrogens with one attached hydrogen (secondary N) is 2. The molecule has 2 N–H and O–H groups in total. The van der Waals surface area contributed by atoms with E-state index in [9.17, 15) is 0 Å². The van der Waals surface area contributed by atoms with Crippen molar-refractivity contribution >= 4 is 18.1 Å². The minimum Gasteiger partial charge on any atom is -0.347 e. The molecule has 1 aliphatic heterocycles. The van der Waals surface area contributed by atoms with Gasteiger partial charge in [-0.15, -0.1) is 0 Å². The third-order valence-electron chi connectivity index (χ3n) is 2.89. The van der Waals surface area contributed by atoms with Gasteiger partial charge < -0.3 is 5.32 Å². The van der Waals surface area contributed by atoms with E-state index in [2.05, 4.69) is 23.5 Å². The molecule has 0 spiro atoms. The molecular formula is C15H12N2. The smallest absolute Gasteiger partial charge is 0.122 e. The summed E-state index contributed by atoms with van der Waals surface area (Å²) in [5.41, 5.74) is 0. The second-order valence-corrected chi connectivity index (χ2v) is 4.02. The molecule has 82 valence electrons. The van der Waals surface area contributed by atoms with Gasteiger partial charge in [0.15, 0.2) is 0 Å². The van der Waals surface area contributed by atoms with Crippen molar-refractivity contribution < 1.29 is 0 Å². The van der Waals surface area contributed by atoms with E-state index in [1.165, 1.54) is 10.4 Å². The molecule has 0 fully saturated rings. The van der Waals surface area contributed by atoms with Gasteiger partial charge >= 0.3 is 0 Å². The molecule has 0 bridgehead atoms. The Balaban J connectivity index is 2.70. The molecule has 2 heteroatoms. The SMILES string of the molecule is N=C1C=c2ccccc2=c2ccccc2=CN1. The standard InChI is InChI=1S/C15H12N2/c16-15-9-11-5-1-3-7-13(11)14-8-4-2-6-12(14)10-17-15/h1-10H,(H2,16,17). The molecule has 2 aromatic rings. The van der Waals surface area contributed by atoms with Crippen molar-refractivity contribution in [2.24, 2.45) is 0 Å². The van der Waals surface area contributed by atoms with Crippen molar-refractivity contribution in [3.05, 3.63) is 69.4 Å². The summed E-state index contributed by atoms with van der Waals surface area (Å²) in [7, 11) is 0. The first-order chi connectivity index (χ1) is 8.34. The highest BCUT2D eigenvalue weighted by atomic mass is 14.9. The van der Waals surface area contributed by atoms with E-state index in [0.29, 0.717) is 5.84 Å². The van der Waals surface area contributed by atoms with Crippen LogP contribution in [0.25, 0.3) is 12.3 Å². The Labute approximate surface area is 98.7 Å². The van der Waals surface area contributed by atoms with Crippen LogP contribution in [-0.2, 0) is 0 Å². The predicted molar refractivity (Wildman–Crippen MR) is 69.6 cm³/mol. The summed E-state index contributed by atoms with van der Waals surface area (Å²) >= 11 is 0. The Morgan fingerprint density at radius 2 is 1.35 bits per heavy atom. The molecule has 0 amide bonds. The minimum absolute atomic E-state index is 0.409. The van der Waals surface area contributed by atoms with E-state index in [-0.39, 0.29) is 0 Å². The normalized spacial score (nSPS) is 13.1. The summed E-state index contributed by atoms with van der Waals surface area (Å²) in [5.74, 6) is 0.409. The van der Waals surface area contributed by atoms with Crippen molar-refractivity contribution in [2.75, 3.05) is 0 Å². The number of rotatable bonds is 0. The Bertz CT molecular complexity index is 788. The average molecular weight is 220 g/mol. The van der Waals surface area contributed by atoms with Crippen LogP contribution in [0.1, 0.15) is 0 Å². The third-order valence-corrected chi connectivity index (χ3v) is 2.89. The van der Waals surface area contributed by atoms with E-state index in [1.54, 1.807) is 0 Å². The van der Waals surface area contributed by atoms with Crippen LogP contribution in [0.15, 0.2) is 48.5 Å². The maximum Gasteiger partial charge on any atom is 0.122 e. The van der Waals surface area contributed by atoms with E-state index >= 15 is 0 Å². The number of benzene rings is 2. The summed E-state index contributed by atoms with van der Waals surface area (Å²) in [4.78, 5) is 0. The minimum atomic E-state index is 0.409. The molecule has 2 aromatic carbocycles. The van der Waals surface area contributed by atoms with Gasteiger partial charge in [0, 0.05) is 6.20 Å². The quantitative estimate of drug-likeness (QED) is 0.684. The van der Waals surface area contributed by atoms with E-state index < -0.39 is 0 Å². The van der Waals surface area contributed by atoms with Gasteiger partial charge in [-0.25, -0.2) is 0 Å². The molecule has 0 aromatic heterocycles. The van der Waals surface area contributed by atoms with Gasteiger partial charge in [0.2, 0.25) is 0 Å². The molecule has 0 atom stereocenters. The Morgan fingerprint density at radius 1 is 0.765 bits per heavy atom. The van der Waals surface area contributed by atoms with Gasteiger partial charge in [-0.05, 0) is 27.0 Å². The largest absolute Gasteiger partial charge is 0.347 e. The first kappa shape index (κ1) is 9.85. The molecule has 1 aliphatic rings. The number of hydrogen-bond acceptors (Lipinski definition) is 1. The van der Waals surface area contributed by atoms with Crippen LogP contribution in [0, 0.1) is 15.8 Å². The van der Waals surface area contributed by atoms with Crippen LogP contribution < -0.4 is 15.8 Å². The number of hydrogen-bond donors (Lipinski definition) is 2. The monoisotopic (exact) mass is 220 g/mol. The fraction of sp³-hybridized carbons (Fsp3) is 0. The van der Waals surface area contributed by atoms with Crippen LogP contribution >= 0.6 is 0 Å². The lowest BCUT2D eigenvalue weighted by molar-refractivity contribution is 1.28. The van der Waals surface area contributed by atoms with Crippen molar-refractivity contribution in [1.29, 1.82) is 5.41 Å². The van der Waals surface area contributed by atoms with E-state index in [0.717, 1.165) is 10.4 Å². The summed E-state index contributed by atoms with van der Waals surface area (Å²) < 4.78 is 0. The van der Waals surface area contributed by atoms with Crippen molar-refractivity contribution in [3.8, 4) is 0 Å². The molecule has 3 rings (SSSR count). The van der Waals surface area contributed by atoms with Gasteiger partial charge in [0.25, 0.3) is 0 Å². The van der Waals surface area contributed by atoms with Crippen molar-refractivity contribution in [2.45, 2.75) is 0 Å². The molecule has 1 heterocycles. The fourth-order valence-corrected chi connectivity index (χ4v) is 2.09. The van der Waals surface area contributed by atoms with Crippen LogP contribution in [0.5, 0.6) is 0 Å². The van der Waals surface area contributed by atoms with E-state index in [1.807, 2.05) is 42.6 Å². The first-order valence-corrected chi connectivity index (χ1v) is 5.56. The zero-order chi connectivity index (χ0) is 11.7. The average Bonchev–Trinajstić information content (AvgIpc) is 2.36. The molecule has 0 radical (unpaired) electrons. The molecule has 17 heavy (non-hydrogen) atoms. The lowest BCUT2D eigenvalue weighted by Crippen LogP contribution is -2.23. The van der Waals surface area contributed by atoms with E-state index in [4.69, 9.17) is 5.41 Å². The molecule has 2 nitrogen and oxygen atoms in total. The maximum atomic E-state index is 7.80. The zero-order valence-corrected chi connectivity index (χ0v) is 9.27. The summed E-state index contributed by atoms with van der Waals surface area (Å²) in [5, 5.41) is 15.3. The second-order valence-electron chi connectivity index (χ2n) is 4.02. The van der Waals surface area contributed by atoms with Gasteiger partial charge in [-0.3, -0.25) is 5.41 Å². The topological polar surface area (TPSA) is 35.9 Å². The summed E-state index contributed by atoms with van der Waals surface area (Å²) in [6, 6.07) is 16.4. The maximum absolute atomic E-state index is 7.80. The highest BCUT2D eigenvalue weighted by molar-refractivity contribution is 6.08. The van der Waals surface area contributed by atoms with Crippen LogP contribution in [-0.4, -0.2) is 5.84 Å². The number of amidine groups is 1. The molecule has 0 saturated heterocycles. The van der Waals surface area contributed by atoms with Crippen LogP contribution in [0.2, 0.25) is 0 Å². The van der Waals surface area contributed by atoms with Gasteiger partial charge in [0.05, 0.1) is 0 Å². The lowest BCUT2D eigenvalue weighted by Gasteiger charge is -2.02. The Kier molecular flexibility index (Phi) is 2.26. The van der Waals surface area contributed by atoms with Gasteiger partial charge in [-0.2, -0.15) is 0 Å². The Hall–Kier alpha value is -2.35. The number of fused-ring (bicyclic) bond motifs is 2. The van der Waals surface area contributed by atoms with Crippen LogP contribution in [0.3, 0.4) is 0 Å². The highest BCUT2D eigenvalue weighted by Gasteiger charge is 1.95. The van der Waals surface area contributed by atoms with Crippen LogP contribution in [0.4, 0.5) is 0 Å². The third kappa shape index (κ3) is 1.74. The summed E-state index contributed by atoms with van der Waals surface area (Å²) in [6.45, 7) is 0. The van der Waals surface area contributed by atoms with Crippen molar-refractivity contribution in [1.82, 2.24) is 5.32 Å².